The van der Waals surface area contributed by atoms with E-state index in [-0.39, 0.29) is 5.57 Å². The van der Waals surface area contributed by atoms with Gasteiger partial charge in [-0.3, -0.25) is 10.1 Å². The first-order chi connectivity index (χ1) is 16.1. The molecule has 3 aromatic carbocycles. The Hall–Kier alpha value is -4.15. The van der Waals surface area contributed by atoms with E-state index in [1.165, 1.54) is 17.4 Å². The Morgan fingerprint density at radius 2 is 1.97 bits per heavy atom. The summed E-state index contributed by atoms with van der Waals surface area (Å²) in [6.45, 7) is 2.44. The lowest BCUT2D eigenvalue weighted by Crippen LogP contribution is -2.13. The molecule has 1 aromatic heterocycles. The predicted molar refractivity (Wildman–Crippen MR) is 130 cm³/mol. The molecule has 4 aromatic rings. The van der Waals surface area contributed by atoms with E-state index < -0.39 is 5.91 Å². The third-order valence-electron chi connectivity index (χ3n) is 4.85. The molecule has 164 valence electrons. The zero-order chi connectivity index (χ0) is 23.2. The smallest absolute Gasteiger partial charge is 0.268 e. The average Bonchev–Trinajstić information content (AvgIpc) is 3.23. The maximum atomic E-state index is 12.6. The number of nitriles is 1. The lowest BCUT2D eigenvalue weighted by molar-refractivity contribution is -0.112. The molecule has 6 nitrogen and oxygen atoms in total. The Morgan fingerprint density at radius 3 is 2.73 bits per heavy atom. The topological polar surface area (TPSA) is 84.2 Å². The molecule has 33 heavy (non-hydrogen) atoms. The summed E-state index contributed by atoms with van der Waals surface area (Å²) < 4.78 is 12.3. The van der Waals surface area contributed by atoms with Gasteiger partial charge in [-0.25, -0.2) is 4.98 Å². The molecule has 1 heterocycles. The Labute approximate surface area is 195 Å². The first-order valence-electron chi connectivity index (χ1n) is 10.2. The van der Waals surface area contributed by atoms with Crippen molar-refractivity contribution in [3.05, 3.63) is 89.0 Å². The van der Waals surface area contributed by atoms with Crippen LogP contribution in [0.5, 0.6) is 11.5 Å². The van der Waals surface area contributed by atoms with E-state index in [1.54, 1.807) is 25.3 Å². The van der Waals surface area contributed by atoms with Crippen LogP contribution in [0.25, 0.3) is 16.3 Å². The number of amides is 1. The van der Waals surface area contributed by atoms with E-state index in [9.17, 15) is 10.1 Å². The minimum atomic E-state index is -0.518. The van der Waals surface area contributed by atoms with Crippen LogP contribution in [-0.4, -0.2) is 18.0 Å². The molecule has 0 aliphatic rings. The molecule has 0 spiro atoms. The van der Waals surface area contributed by atoms with E-state index in [0.717, 1.165) is 21.3 Å². The van der Waals surface area contributed by atoms with Crippen molar-refractivity contribution in [3.63, 3.8) is 0 Å². The molecule has 1 amide bonds. The number of hydrogen-bond acceptors (Lipinski definition) is 6. The number of hydrogen-bond donors (Lipinski definition) is 1. The number of anilines is 1. The average molecular weight is 456 g/mol. The van der Waals surface area contributed by atoms with Gasteiger partial charge in [0, 0.05) is 0 Å². The molecule has 0 saturated carbocycles. The molecule has 1 N–H and O–H groups in total. The predicted octanol–water partition coefficient (Wildman–Crippen LogP) is 5.74. The summed E-state index contributed by atoms with van der Waals surface area (Å²) in [6.07, 6.45) is 1.51. The van der Waals surface area contributed by atoms with Gasteiger partial charge >= 0.3 is 0 Å². The number of carbonyl (C=O) groups is 1. The van der Waals surface area contributed by atoms with Gasteiger partial charge in [0.05, 0.1) is 17.3 Å². The molecule has 0 saturated heterocycles. The highest BCUT2D eigenvalue weighted by molar-refractivity contribution is 7.22. The summed E-state index contributed by atoms with van der Waals surface area (Å²) >= 11 is 1.36. The van der Waals surface area contributed by atoms with Crippen molar-refractivity contribution in [3.8, 4) is 17.6 Å². The number of benzene rings is 3. The van der Waals surface area contributed by atoms with Gasteiger partial charge in [0.2, 0.25) is 0 Å². The number of carbonyl (C=O) groups excluding carboxylic acids is 1. The van der Waals surface area contributed by atoms with Gasteiger partial charge in [-0.2, -0.15) is 5.26 Å². The van der Waals surface area contributed by atoms with Gasteiger partial charge in [-0.05, 0) is 48.4 Å². The van der Waals surface area contributed by atoms with Crippen molar-refractivity contribution in [1.82, 2.24) is 4.98 Å². The zero-order valence-corrected chi connectivity index (χ0v) is 19.0. The van der Waals surface area contributed by atoms with Crippen LogP contribution in [0.3, 0.4) is 0 Å². The summed E-state index contributed by atoms with van der Waals surface area (Å²) in [5.74, 6) is 0.573. The molecule has 0 aliphatic heterocycles. The second kappa shape index (κ2) is 9.98. The Kier molecular flexibility index (Phi) is 6.67. The number of aryl methyl sites for hydroxylation is 1. The molecule has 0 atom stereocenters. The molecule has 7 heteroatoms. The number of aromatic nitrogens is 1. The Bertz CT molecular complexity index is 1350. The summed E-state index contributed by atoms with van der Waals surface area (Å²) in [5.41, 5.74) is 3.62. The van der Waals surface area contributed by atoms with Gasteiger partial charge in [0.1, 0.15) is 18.2 Å². The van der Waals surface area contributed by atoms with Gasteiger partial charge in [0.15, 0.2) is 16.6 Å². The van der Waals surface area contributed by atoms with E-state index >= 15 is 0 Å². The fraction of sp³-hybridized carbons (Fsp3) is 0.115. The summed E-state index contributed by atoms with van der Waals surface area (Å²) in [5, 5.41) is 12.7. The summed E-state index contributed by atoms with van der Waals surface area (Å²) in [6, 6.07) is 22.9. The molecule has 0 radical (unpaired) electrons. The highest BCUT2D eigenvalue weighted by Crippen LogP contribution is 2.30. The minimum Gasteiger partial charge on any atom is -0.493 e. The first-order valence-corrected chi connectivity index (χ1v) is 11.0. The Morgan fingerprint density at radius 1 is 1.12 bits per heavy atom. The normalized spacial score (nSPS) is 11.1. The second-order valence-electron chi connectivity index (χ2n) is 7.30. The van der Waals surface area contributed by atoms with Crippen LogP contribution >= 0.6 is 11.3 Å². The molecule has 0 fully saturated rings. The Balaban J connectivity index is 1.49. The standard InChI is InChI=1S/C26H21N3O3S/c1-17-6-5-7-19(12-17)16-32-22-11-10-18(14-23(22)31-2)13-20(15-27)25(30)29-26-28-21-8-3-4-9-24(21)33-26/h3-14H,16H2,1-2H3,(H,28,29,30)/b20-13+. The largest absolute Gasteiger partial charge is 0.493 e. The lowest BCUT2D eigenvalue weighted by atomic mass is 10.1. The fourth-order valence-electron chi connectivity index (χ4n) is 3.26. The number of nitrogens with zero attached hydrogens (tertiary/aromatic N) is 2. The van der Waals surface area contributed by atoms with Crippen LogP contribution in [0.15, 0.2) is 72.3 Å². The number of methoxy groups -OCH3 is 1. The second-order valence-corrected chi connectivity index (χ2v) is 8.33. The van der Waals surface area contributed by atoms with E-state index in [1.807, 2.05) is 55.5 Å². The maximum absolute atomic E-state index is 12.6. The van der Waals surface area contributed by atoms with Gasteiger partial charge < -0.3 is 9.47 Å². The van der Waals surface area contributed by atoms with Crippen molar-refractivity contribution in [2.75, 3.05) is 12.4 Å². The minimum absolute atomic E-state index is 0.0373. The third-order valence-corrected chi connectivity index (χ3v) is 5.81. The van der Waals surface area contributed by atoms with Crippen LogP contribution in [0.2, 0.25) is 0 Å². The lowest BCUT2D eigenvalue weighted by Gasteiger charge is -2.12. The number of ether oxygens (including phenoxy) is 2. The van der Waals surface area contributed by atoms with E-state index in [2.05, 4.69) is 16.4 Å². The van der Waals surface area contributed by atoms with Crippen LogP contribution in [0.4, 0.5) is 5.13 Å². The van der Waals surface area contributed by atoms with Crippen molar-refractivity contribution >= 4 is 38.7 Å². The highest BCUT2D eigenvalue weighted by Gasteiger charge is 2.13. The summed E-state index contributed by atoms with van der Waals surface area (Å²) in [4.78, 5) is 17.0. The molecule has 0 bridgehead atoms. The number of para-hydroxylation sites is 1. The van der Waals surface area contributed by atoms with Crippen LogP contribution in [0, 0.1) is 18.3 Å². The van der Waals surface area contributed by atoms with Crippen molar-refractivity contribution in [2.24, 2.45) is 0 Å². The van der Waals surface area contributed by atoms with E-state index in [0.29, 0.717) is 28.8 Å². The van der Waals surface area contributed by atoms with Crippen LogP contribution in [-0.2, 0) is 11.4 Å². The maximum Gasteiger partial charge on any atom is 0.268 e. The van der Waals surface area contributed by atoms with Gasteiger partial charge in [-0.1, -0.05) is 59.4 Å². The van der Waals surface area contributed by atoms with E-state index in [4.69, 9.17) is 9.47 Å². The van der Waals surface area contributed by atoms with Crippen molar-refractivity contribution in [2.45, 2.75) is 13.5 Å². The van der Waals surface area contributed by atoms with Gasteiger partial charge in [0.25, 0.3) is 5.91 Å². The monoisotopic (exact) mass is 455 g/mol. The number of nitrogens with one attached hydrogen (secondary N) is 1. The quantitative estimate of drug-likeness (QED) is 0.284. The van der Waals surface area contributed by atoms with Gasteiger partial charge in [-0.15, -0.1) is 0 Å². The molecule has 0 aliphatic carbocycles. The molecular weight excluding hydrogens is 434 g/mol. The van der Waals surface area contributed by atoms with Crippen molar-refractivity contribution < 1.29 is 14.3 Å². The van der Waals surface area contributed by atoms with Crippen molar-refractivity contribution in [1.29, 1.82) is 5.26 Å². The molecule has 4 rings (SSSR count). The molecular formula is C26H21N3O3S. The first kappa shape index (κ1) is 22.1. The third kappa shape index (κ3) is 5.37. The SMILES string of the molecule is COc1cc(/C=C(\C#N)C(=O)Nc2nc3ccccc3s2)ccc1OCc1cccc(C)c1. The number of rotatable bonds is 7. The number of fused-ring (bicyclic) bond motifs is 1. The summed E-state index contributed by atoms with van der Waals surface area (Å²) in [7, 11) is 1.55. The van der Waals surface area contributed by atoms with Crippen LogP contribution in [0.1, 0.15) is 16.7 Å². The molecule has 0 unspecified atom stereocenters. The fourth-order valence-corrected chi connectivity index (χ4v) is 4.12. The number of thiazole rings is 1. The van der Waals surface area contributed by atoms with Crippen LogP contribution < -0.4 is 14.8 Å². The highest BCUT2D eigenvalue weighted by atomic mass is 32.1. The zero-order valence-electron chi connectivity index (χ0n) is 18.2.